The Labute approximate surface area is 73.7 Å². The second kappa shape index (κ2) is 3.81. The Morgan fingerprint density at radius 2 is 1.82 bits per heavy atom. The summed E-state index contributed by atoms with van der Waals surface area (Å²) in [5.74, 6) is 2.28. The van der Waals surface area contributed by atoms with Crippen molar-refractivity contribution in [2.45, 2.75) is 19.3 Å². The molecule has 0 N–H and O–H groups in total. The normalized spacial score (nSPS) is 25.2. The Morgan fingerprint density at radius 3 is 2.27 bits per heavy atom. The van der Waals surface area contributed by atoms with E-state index in [1.165, 1.54) is 0 Å². The highest BCUT2D eigenvalue weighted by molar-refractivity contribution is 7.91. The zero-order valence-corrected chi connectivity index (χ0v) is 8.20. The molecule has 1 saturated heterocycles. The first-order valence-electron chi connectivity index (χ1n) is 3.95. The van der Waals surface area contributed by atoms with Gasteiger partial charge in [-0.15, -0.1) is 0 Å². The topological polar surface area (TPSA) is 34.1 Å². The average molecular weight is 194 g/mol. The van der Waals surface area contributed by atoms with Gasteiger partial charge in [0, 0.05) is 0 Å². The molecule has 1 aliphatic rings. The van der Waals surface area contributed by atoms with Crippen LogP contribution in [0.4, 0.5) is 0 Å². The number of thiol groups is 1. The molecule has 0 atom stereocenters. The fraction of sp³-hybridized carbons (Fsp3) is 1.00. The summed E-state index contributed by atoms with van der Waals surface area (Å²) in [6.45, 7) is 0. The summed E-state index contributed by atoms with van der Waals surface area (Å²) in [5, 5.41) is 0. The SMILES string of the molecule is O=S1(=O)CCC(CCS)CC1. The molecule has 66 valence electrons. The van der Waals surface area contributed by atoms with Gasteiger partial charge in [-0.3, -0.25) is 0 Å². The number of sulfone groups is 1. The van der Waals surface area contributed by atoms with Gasteiger partial charge in [0.2, 0.25) is 0 Å². The van der Waals surface area contributed by atoms with E-state index in [0.29, 0.717) is 17.4 Å². The molecule has 11 heavy (non-hydrogen) atoms. The van der Waals surface area contributed by atoms with Crippen LogP contribution in [0.3, 0.4) is 0 Å². The second-order valence-electron chi connectivity index (χ2n) is 3.11. The first-order valence-corrected chi connectivity index (χ1v) is 6.41. The summed E-state index contributed by atoms with van der Waals surface area (Å²) in [5.41, 5.74) is 0. The maximum atomic E-state index is 11.0. The van der Waals surface area contributed by atoms with Gasteiger partial charge in [0.15, 0.2) is 0 Å². The lowest BCUT2D eigenvalue weighted by molar-refractivity contribution is 0.456. The summed E-state index contributed by atoms with van der Waals surface area (Å²) in [4.78, 5) is 0. The molecule has 1 rings (SSSR count). The minimum Gasteiger partial charge on any atom is -0.229 e. The van der Waals surface area contributed by atoms with E-state index in [1.54, 1.807) is 0 Å². The molecule has 4 heteroatoms. The molecular weight excluding hydrogens is 180 g/mol. The molecule has 0 aromatic carbocycles. The van der Waals surface area contributed by atoms with Crippen LogP contribution >= 0.6 is 12.6 Å². The highest BCUT2D eigenvalue weighted by atomic mass is 32.2. The highest BCUT2D eigenvalue weighted by Gasteiger charge is 2.22. The lowest BCUT2D eigenvalue weighted by Gasteiger charge is -2.20. The van der Waals surface area contributed by atoms with Crippen molar-refractivity contribution in [2.75, 3.05) is 17.3 Å². The van der Waals surface area contributed by atoms with E-state index >= 15 is 0 Å². The van der Waals surface area contributed by atoms with Crippen LogP contribution in [0.25, 0.3) is 0 Å². The largest absolute Gasteiger partial charge is 0.229 e. The third kappa shape index (κ3) is 3.03. The molecule has 1 aliphatic heterocycles. The first kappa shape index (κ1) is 9.39. The molecule has 0 aliphatic carbocycles. The van der Waals surface area contributed by atoms with Crippen molar-refractivity contribution >= 4 is 22.5 Å². The van der Waals surface area contributed by atoms with Gasteiger partial charge in [-0.05, 0) is 30.9 Å². The summed E-state index contributed by atoms with van der Waals surface area (Å²) in [6.07, 6.45) is 2.77. The quantitative estimate of drug-likeness (QED) is 0.669. The van der Waals surface area contributed by atoms with Gasteiger partial charge in [0.25, 0.3) is 0 Å². The molecule has 0 spiro atoms. The van der Waals surface area contributed by atoms with Crippen molar-refractivity contribution in [3.05, 3.63) is 0 Å². The van der Waals surface area contributed by atoms with Crippen LogP contribution in [0.15, 0.2) is 0 Å². The first-order chi connectivity index (χ1) is 5.14. The Hall–Kier alpha value is 0.300. The maximum absolute atomic E-state index is 11.0. The summed E-state index contributed by atoms with van der Waals surface area (Å²) >= 11 is 4.12. The maximum Gasteiger partial charge on any atom is 0.150 e. The molecule has 1 heterocycles. The van der Waals surface area contributed by atoms with Crippen LogP contribution in [0.1, 0.15) is 19.3 Å². The van der Waals surface area contributed by atoms with E-state index in [4.69, 9.17) is 0 Å². The molecule has 0 bridgehead atoms. The molecule has 0 aromatic heterocycles. The molecule has 0 radical (unpaired) electrons. The van der Waals surface area contributed by atoms with Crippen LogP contribution < -0.4 is 0 Å². The van der Waals surface area contributed by atoms with Crippen molar-refractivity contribution in [1.82, 2.24) is 0 Å². The Balaban J connectivity index is 2.36. The predicted molar refractivity (Wildman–Crippen MR) is 49.8 cm³/mol. The van der Waals surface area contributed by atoms with Crippen LogP contribution in [-0.4, -0.2) is 25.7 Å². The van der Waals surface area contributed by atoms with Gasteiger partial charge in [-0.1, -0.05) is 0 Å². The summed E-state index contributed by atoms with van der Waals surface area (Å²) in [6, 6.07) is 0. The Morgan fingerprint density at radius 1 is 1.27 bits per heavy atom. The number of rotatable bonds is 2. The third-order valence-corrected chi connectivity index (χ3v) is 4.19. The number of hydrogen-bond donors (Lipinski definition) is 1. The Bertz CT molecular complexity index is 194. The molecule has 1 fully saturated rings. The second-order valence-corrected chi connectivity index (χ2v) is 5.86. The van der Waals surface area contributed by atoms with Gasteiger partial charge in [-0.25, -0.2) is 8.42 Å². The van der Waals surface area contributed by atoms with Crippen molar-refractivity contribution in [3.8, 4) is 0 Å². The van der Waals surface area contributed by atoms with Crippen molar-refractivity contribution in [2.24, 2.45) is 5.92 Å². The predicted octanol–water partition coefficient (Wildman–Crippen LogP) is 1.13. The zero-order valence-electron chi connectivity index (χ0n) is 6.49. The van der Waals surface area contributed by atoms with E-state index in [1.807, 2.05) is 0 Å². The molecule has 0 saturated carbocycles. The van der Waals surface area contributed by atoms with Crippen LogP contribution in [-0.2, 0) is 9.84 Å². The molecule has 2 nitrogen and oxygen atoms in total. The van der Waals surface area contributed by atoms with Gasteiger partial charge in [0.05, 0.1) is 11.5 Å². The van der Waals surface area contributed by atoms with Gasteiger partial charge in [-0.2, -0.15) is 12.6 Å². The van der Waals surface area contributed by atoms with E-state index < -0.39 is 9.84 Å². The summed E-state index contributed by atoms with van der Waals surface area (Å²) < 4.78 is 22.0. The fourth-order valence-electron chi connectivity index (χ4n) is 1.41. The minimum absolute atomic E-state index is 0.394. The van der Waals surface area contributed by atoms with E-state index in [2.05, 4.69) is 12.6 Å². The van der Waals surface area contributed by atoms with Gasteiger partial charge >= 0.3 is 0 Å². The number of hydrogen-bond acceptors (Lipinski definition) is 3. The smallest absolute Gasteiger partial charge is 0.150 e. The monoisotopic (exact) mass is 194 g/mol. The fourth-order valence-corrected chi connectivity index (χ4v) is 3.36. The van der Waals surface area contributed by atoms with Crippen LogP contribution in [0.5, 0.6) is 0 Å². The molecular formula is C7H14O2S2. The standard InChI is InChI=1S/C7H14O2S2/c8-11(9)5-2-7(1-4-10)3-6-11/h7,10H,1-6H2. The van der Waals surface area contributed by atoms with Crippen LogP contribution in [0.2, 0.25) is 0 Å². The third-order valence-electron chi connectivity index (χ3n) is 2.21. The van der Waals surface area contributed by atoms with E-state index in [0.717, 1.165) is 25.0 Å². The van der Waals surface area contributed by atoms with Crippen molar-refractivity contribution in [3.63, 3.8) is 0 Å². The van der Waals surface area contributed by atoms with E-state index in [-0.39, 0.29) is 0 Å². The van der Waals surface area contributed by atoms with Crippen molar-refractivity contribution in [1.29, 1.82) is 0 Å². The average Bonchev–Trinajstić information content (AvgIpc) is 1.94. The zero-order chi connectivity index (χ0) is 8.32. The Kier molecular flexibility index (Phi) is 3.25. The molecule has 0 amide bonds. The molecule has 0 unspecified atom stereocenters. The van der Waals surface area contributed by atoms with Gasteiger partial charge < -0.3 is 0 Å². The van der Waals surface area contributed by atoms with Crippen LogP contribution in [0, 0.1) is 5.92 Å². The lowest BCUT2D eigenvalue weighted by atomic mass is 10.0. The lowest BCUT2D eigenvalue weighted by Crippen LogP contribution is -2.23. The summed E-state index contributed by atoms with van der Waals surface area (Å²) in [7, 11) is -2.66. The minimum atomic E-state index is -2.66. The van der Waals surface area contributed by atoms with Crippen molar-refractivity contribution < 1.29 is 8.42 Å². The van der Waals surface area contributed by atoms with E-state index in [9.17, 15) is 8.42 Å². The molecule has 0 aromatic rings. The highest BCUT2D eigenvalue weighted by Crippen LogP contribution is 2.21. The van der Waals surface area contributed by atoms with Gasteiger partial charge in [0.1, 0.15) is 9.84 Å².